The van der Waals surface area contributed by atoms with Gasteiger partial charge in [0.05, 0.1) is 11.1 Å². The van der Waals surface area contributed by atoms with Gasteiger partial charge in [0, 0.05) is 24.7 Å². The van der Waals surface area contributed by atoms with E-state index in [1.54, 1.807) is 29.2 Å². The predicted octanol–water partition coefficient (Wildman–Crippen LogP) is 1.49. The lowest BCUT2D eigenvalue weighted by atomic mass is 10.1. The van der Waals surface area contributed by atoms with Crippen molar-refractivity contribution in [2.75, 3.05) is 11.4 Å². The van der Waals surface area contributed by atoms with Crippen molar-refractivity contribution >= 4 is 23.4 Å². The largest absolute Gasteiger partial charge is 0.307 e. The van der Waals surface area contributed by atoms with Gasteiger partial charge in [0.15, 0.2) is 5.82 Å². The molecule has 0 aliphatic carbocycles. The molecule has 2 aliphatic rings. The van der Waals surface area contributed by atoms with Gasteiger partial charge in [-0.3, -0.25) is 19.3 Å². The molecular formula is C22H20N6O3. The van der Waals surface area contributed by atoms with Crippen LogP contribution in [0.3, 0.4) is 0 Å². The lowest BCUT2D eigenvalue weighted by molar-refractivity contribution is -0.119. The van der Waals surface area contributed by atoms with Crippen molar-refractivity contribution in [2.24, 2.45) is 0 Å². The monoisotopic (exact) mass is 416 g/mol. The maximum absolute atomic E-state index is 12.9. The number of carbonyl (C=O) groups excluding carboxylic acids is 3. The Hall–Kier alpha value is -3.88. The molecule has 3 amide bonds. The number of imide groups is 1. The molecule has 3 heterocycles. The summed E-state index contributed by atoms with van der Waals surface area (Å²) in [6.45, 7) is 2.14. The van der Waals surface area contributed by atoms with Crippen molar-refractivity contribution in [2.45, 2.75) is 32.4 Å². The van der Waals surface area contributed by atoms with Crippen LogP contribution < -0.4 is 4.90 Å². The summed E-state index contributed by atoms with van der Waals surface area (Å²) in [6.07, 6.45) is 1.08. The molecule has 0 saturated carbocycles. The van der Waals surface area contributed by atoms with Gasteiger partial charge in [-0.25, -0.2) is 0 Å². The molecular weight excluding hydrogens is 396 g/mol. The van der Waals surface area contributed by atoms with Crippen molar-refractivity contribution in [3.8, 4) is 0 Å². The summed E-state index contributed by atoms with van der Waals surface area (Å²) in [6, 6.07) is 14.7. The highest BCUT2D eigenvalue weighted by atomic mass is 16.2. The highest BCUT2D eigenvalue weighted by molar-refractivity contribution is 6.21. The van der Waals surface area contributed by atoms with Gasteiger partial charge in [0.1, 0.15) is 6.54 Å². The maximum atomic E-state index is 12.9. The minimum atomic E-state index is -0.315. The molecule has 2 aromatic carbocycles. The topological polar surface area (TPSA) is 101 Å². The lowest BCUT2D eigenvalue weighted by Crippen LogP contribution is -2.38. The van der Waals surface area contributed by atoms with Crippen LogP contribution in [-0.4, -0.2) is 55.4 Å². The van der Waals surface area contributed by atoms with Crippen molar-refractivity contribution in [3.05, 3.63) is 71.0 Å². The highest BCUT2D eigenvalue weighted by Gasteiger charge is 2.35. The zero-order valence-corrected chi connectivity index (χ0v) is 16.9. The molecule has 9 heteroatoms. The first-order valence-corrected chi connectivity index (χ1v) is 10.1. The number of nitrogens with zero attached hydrogens (tertiary/aromatic N) is 6. The molecule has 0 unspecified atom stereocenters. The number of rotatable bonds is 5. The predicted molar refractivity (Wildman–Crippen MR) is 110 cm³/mol. The SMILES string of the molecule is C[C@H]1Cc2ccccc2N1C(=O)Cn1nnc(CCN2C(=O)c3ccccc3C2=O)n1. The first-order chi connectivity index (χ1) is 15.0. The fraction of sp³-hybridized carbons (Fsp3) is 0.273. The third-order valence-electron chi connectivity index (χ3n) is 5.68. The Balaban J connectivity index is 1.23. The number of fused-ring (bicyclic) bond motifs is 2. The van der Waals surface area contributed by atoms with E-state index in [0.717, 1.165) is 17.7 Å². The fourth-order valence-electron chi connectivity index (χ4n) is 4.24. The van der Waals surface area contributed by atoms with E-state index in [2.05, 4.69) is 15.4 Å². The molecule has 31 heavy (non-hydrogen) atoms. The average Bonchev–Trinajstić information content (AvgIpc) is 3.42. The number of carbonyl (C=O) groups is 3. The molecule has 0 bridgehead atoms. The molecule has 3 aromatic rings. The van der Waals surface area contributed by atoms with Crippen LogP contribution in [0, 0.1) is 0 Å². The third-order valence-corrected chi connectivity index (χ3v) is 5.68. The third kappa shape index (κ3) is 3.27. The first-order valence-electron chi connectivity index (χ1n) is 10.1. The molecule has 9 nitrogen and oxygen atoms in total. The summed E-state index contributed by atoms with van der Waals surface area (Å²) in [4.78, 5) is 42.0. The normalized spacial score (nSPS) is 17.3. The minimum absolute atomic E-state index is 0.0291. The van der Waals surface area contributed by atoms with Crippen molar-refractivity contribution < 1.29 is 14.4 Å². The van der Waals surface area contributed by atoms with Crippen LogP contribution in [0.15, 0.2) is 48.5 Å². The summed E-state index contributed by atoms with van der Waals surface area (Å²) in [7, 11) is 0. The van der Waals surface area contributed by atoms with Crippen LogP contribution in [0.25, 0.3) is 0 Å². The number of benzene rings is 2. The van der Waals surface area contributed by atoms with Crippen LogP contribution in [0.4, 0.5) is 5.69 Å². The van der Waals surface area contributed by atoms with Gasteiger partial charge >= 0.3 is 0 Å². The van der Waals surface area contributed by atoms with E-state index < -0.39 is 0 Å². The summed E-state index contributed by atoms with van der Waals surface area (Å²) in [5.74, 6) is -0.365. The number of amides is 3. The van der Waals surface area contributed by atoms with Crippen LogP contribution in [0.2, 0.25) is 0 Å². The second-order valence-corrected chi connectivity index (χ2v) is 7.74. The minimum Gasteiger partial charge on any atom is -0.307 e. The molecule has 0 spiro atoms. The van der Waals surface area contributed by atoms with E-state index in [-0.39, 0.29) is 43.3 Å². The van der Waals surface area contributed by atoms with Gasteiger partial charge < -0.3 is 4.90 Å². The van der Waals surface area contributed by atoms with Crippen molar-refractivity contribution in [1.82, 2.24) is 25.1 Å². The highest BCUT2D eigenvalue weighted by Crippen LogP contribution is 2.31. The number of aromatic nitrogens is 4. The number of para-hydroxylation sites is 1. The second kappa shape index (κ2) is 7.42. The van der Waals surface area contributed by atoms with Crippen molar-refractivity contribution in [3.63, 3.8) is 0 Å². The quantitative estimate of drug-likeness (QED) is 0.584. The van der Waals surface area contributed by atoms with Crippen LogP contribution in [0.5, 0.6) is 0 Å². The molecule has 5 rings (SSSR count). The Labute approximate surface area is 178 Å². The molecule has 0 N–H and O–H groups in total. The van der Waals surface area contributed by atoms with Gasteiger partial charge in [0.25, 0.3) is 17.7 Å². The number of tetrazole rings is 1. The summed E-state index contributed by atoms with van der Waals surface area (Å²) < 4.78 is 0. The summed E-state index contributed by atoms with van der Waals surface area (Å²) in [5, 5.41) is 12.2. The number of hydrogen-bond acceptors (Lipinski definition) is 6. The molecule has 0 saturated heterocycles. The van der Waals surface area contributed by atoms with Gasteiger partial charge in [-0.05, 0) is 42.3 Å². The molecule has 1 atom stereocenters. The standard InChI is InChI=1S/C22H20N6O3/c1-14-12-15-6-2-5-9-18(15)28(14)20(29)13-27-24-19(23-25-27)10-11-26-21(30)16-7-3-4-8-17(16)22(26)31/h2-9,14H,10-13H2,1H3/t14-/m0/s1. The van der Waals surface area contributed by atoms with Gasteiger partial charge in [-0.15, -0.1) is 10.2 Å². The smallest absolute Gasteiger partial charge is 0.261 e. The Kier molecular flexibility index (Phi) is 4.58. The van der Waals surface area contributed by atoms with E-state index in [1.165, 1.54) is 9.70 Å². The molecule has 156 valence electrons. The fourth-order valence-corrected chi connectivity index (χ4v) is 4.24. The zero-order valence-electron chi connectivity index (χ0n) is 16.9. The van der Waals surface area contributed by atoms with Gasteiger partial charge in [0.2, 0.25) is 0 Å². The van der Waals surface area contributed by atoms with Gasteiger partial charge in [-0.1, -0.05) is 30.3 Å². The van der Waals surface area contributed by atoms with Crippen LogP contribution in [0.1, 0.15) is 39.0 Å². The van der Waals surface area contributed by atoms with Crippen LogP contribution in [-0.2, 0) is 24.2 Å². The summed E-state index contributed by atoms with van der Waals surface area (Å²) >= 11 is 0. The average molecular weight is 416 g/mol. The maximum Gasteiger partial charge on any atom is 0.261 e. The number of anilines is 1. The molecule has 1 aromatic heterocycles. The zero-order chi connectivity index (χ0) is 21.5. The summed E-state index contributed by atoms with van der Waals surface area (Å²) in [5.41, 5.74) is 2.90. The molecule has 0 radical (unpaired) electrons. The van der Waals surface area contributed by atoms with Crippen LogP contribution >= 0.6 is 0 Å². The molecule has 2 aliphatic heterocycles. The Morgan fingerprint density at radius 2 is 1.71 bits per heavy atom. The van der Waals surface area contributed by atoms with E-state index in [1.807, 2.05) is 31.2 Å². The second-order valence-electron chi connectivity index (χ2n) is 7.74. The number of hydrogen-bond donors (Lipinski definition) is 0. The van der Waals surface area contributed by atoms with E-state index in [0.29, 0.717) is 17.0 Å². The first kappa shape index (κ1) is 19.1. The Morgan fingerprint density at radius 1 is 1.03 bits per heavy atom. The Bertz CT molecular complexity index is 1170. The van der Waals surface area contributed by atoms with Crippen molar-refractivity contribution in [1.29, 1.82) is 0 Å². The lowest BCUT2D eigenvalue weighted by Gasteiger charge is -2.22. The molecule has 0 fully saturated rings. The Morgan fingerprint density at radius 3 is 2.45 bits per heavy atom. The van der Waals surface area contributed by atoms with E-state index in [4.69, 9.17) is 0 Å². The van der Waals surface area contributed by atoms with Gasteiger partial charge in [-0.2, -0.15) is 4.80 Å². The van der Waals surface area contributed by atoms with E-state index in [9.17, 15) is 14.4 Å². The van der Waals surface area contributed by atoms with E-state index >= 15 is 0 Å².